The number of carbonyl (C=O) groups is 1. The first-order valence-corrected chi connectivity index (χ1v) is 14.0. The molecule has 1 aromatic carbocycles. The van der Waals surface area contributed by atoms with Crippen molar-refractivity contribution in [2.45, 2.75) is 65.3 Å². The number of hydrogen-bond donors (Lipinski definition) is 1. The van der Waals surface area contributed by atoms with Crippen LogP contribution in [0, 0.1) is 34.5 Å². The van der Waals surface area contributed by atoms with Gasteiger partial charge in [0.1, 0.15) is 0 Å². The van der Waals surface area contributed by atoms with Gasteiger partial charge in [-0.05, 0) is 85.5 Å². The highest BCUT2D eigenvalue weighted by molar-refractivity contribution is 5.93. The fourth-order valence-corrected chi connectivity index (χ4v) is 8.45. The summed E-state index contributed by atoms with van der Waals surface area (Å²) < 4.78 is 16.8. The third-order valence-corrected chi connectivity index (χ3v) is 10.4. The van der Waals surface area contributed by atoms with E-state index in [9.17, 15) is 4.79 Å². The molecule has 7 nitrogen and oxygen atoms in total. The van der Waals surface area contributed by atoms with Crippen LogP contribution in [0.3, 0.4) is 0 Å². The molecule has 0 bridgehead atoms. The second-order valence-electron chi connectivity index (χ2n) is 12.4. The number of aromatic nitrogens is 2. The normalized spacial score (nSPS) is 35.8. The number of nitrogens with one attached hydrogen (secondary N) is 1. The molecule has 0 unspecified atom stereocenters. The third-order valence-electron chi connectivity index (χ3n) is 10.4. The molecule has 1 aliphatic heterocycles. The molecule has 2 aromatic rings. The van der Waals surface area contributed by atoms with Gasteiger partial charge >= 0.3 is 0 Å². The van der Waals surface area contributed by atoms with Crippen molar-refractivity contribution in [3.05, 3.63) is 42.4 Å². The van der Waals surface area contributed by atoms with Gasteiger partial charge in [0, 0.05) is 17.0 Å². The van der Waals surface area contributed by atoms with Crippen molar-refractivity contribution in [2.24, 2.45) is 34.5 Å². The van der Waals surface area contributed by atoms with Crippen LogP contribution >= 0.6 is 0 Å². The third kappa shape index (κ3) is 3.97. The summed E-state index contributed by atoms with van der Waals surface area (Å²) in [5.74, 6) is 4.42. The summed E-state index contributed by atoms with van der Waals surface area (Å²) >= 11 is 0. The predicted octanol–water partition coefficient (Wildman–Crippen LogP) is 5.80. The maximum absolute atomic E-state index is 13.1. The van der Waals surface area contributed by atoms with Gasteiger partial charge in [-0.2, -0.15) is 0 Å². The zero-order chi connectivity index (χ0) is 26.7. The largest absolute Gasteiger partial charge is 0.493 e. The molecule has 3 aliphatic carbocycles. The van der Waals surface area contributed by atoms with Crippen LogP contribution in [0.5, 0.6) is 17.4 Å². The molecule has 0 radical (unpaired) electrons. The van der Waals surface area contributed by atoms with Gasteiger partial charge in [-0.1, -0.05) is 27.2 Å². The molecule has 1 amide bonds. The topological polar surface area (TPSA) is 82.6 Å². The van der Waals surface area contributed by atoms with E-state index >= 15 is 0 Å². The van der Waals surface area contributed by atoms with Crippen molar-refractivity contribution < 1.29 is 19.0 Å². The van der Waals surface area contributed by atoms with E-state index in [1.54, 1.807) is 26.6 Å². The van der Waals surface area contributed by atoms with Gasteiger partial charge in [0.05, 0.1) is 32.3 Å². The molecule has 1 aromatic heterocycles. The summed E-state index contributed by atoms with van der Waals surface area (Å²) in [4.78, 5) is 22.2. The summed E-state index contributed by atoms with van der Waals surface area (Å²) in [5, 5.41) is 3.32. The average molecular weight is 518 g/mol. The molecule has 2 heterocycles. The monoisotopic (exact) mass is 517 g/mol. The SMILES string of the molecule is COc1ccc(-c2cnc(OC3=C[C@@]4(C)[C@@H](C[C@H](C)[C@H]5[C@@H]6CCC[C@@]6(C)CC[C@@H]54)NC3=O)cn2)cc1OC. The van der Waals surface area contributed by atoms with Gasteiger partial charge in [0.2, 0.25) is 5.88 Å². The molecule has 1 N–H and O–H groups in total. The Hall–Kier alpha value is -3.09. The summed E-state index contributed by atoms with van der Waals surface area (Å²) in [6, 6.07) is 5.75. The Bertz CT molecular complexity index is 1260. The maximum Gasteiger partial charge on any atom is 0.287 e. The number of benzene rings is 1. The molecule has 0 spiro atoms. The van der Waals surface area contributed by atoms with Gasteiger partial charge in [-0.3, -0.25) is 4.79 Å². The molecule has 7 heteroatoms. The van der Waals surface area contributed by atoms with E-state index in [1.165, 1.54) is 32.1 Å². The van der Waals surface area contributed by atoms with Crippen molar-refractivity contribution in [2.75, 3.05) is 14.2 Å². The van der Waals surface area contributed by atoms with Gasteiger partial charge in [0.15, 0.2) is 17.3 Å². The number of nitrogens with zero attached hydrogens (tertiary/aromatic N) is 2. The molecule has 0 saturated heterocycles. The second kappa shape index (κ2) is 9.28. The van der Waals surface area contributed by atoms with Gasteiger partial charge in [0.25, 0.3) is 5.91 Å². The fourth-order valence-electron chi connectivity index (χ4n) is 8.45. The van der Waals surface area contributed by atoms with E-state index in [1.807, 2.05) is 18.2 Å². The van der Waals surface area contributed by atoms with E-state index in [-0.39, 0.29) is 17.4 Å². The molecule has 7 atom stereocenters. The van der Waals surface area contributed by atoms with E-state index in [0.717, 1.165) is 17.9 Å². The Labute approximate surface area is 225 Å². The molecular weight excluding hydrogens is 478 g/mol. The first-order chi connectivity index (χ1) is 18.3. The van der Waals surface area contributed by atoms with Crippen molar-refractivity contribution in [3.63, 3.8) is 0 Å². The highest BCUT2D eigenvalue weighted by Gasteiger charge is 2.60. The van der Waals surface area contributed by atoms with Gasteiger partial charge in [-0.15, -0.1) is 0 Å². The molecule has 3 saturated carbocycles. The number of ether oxygens (including phenoxy) is 3. The van der Waals surface area contributed by atoms with Crippen molar-refractivity contribution in [1.82, 2.24) is 15.3 Å². The number of hydrogen-bond acceptors (Lipinski definition) is 6. The second-order valence-corrected chi connectivity index (χ2v) is 12.4. The number of amides is 1. The Morgan fingerprint density at radius 3 is 2.55 bits per heavy atom. The number of rotatable bonds is 5. The minimum atomic E-state index is -0.162. The van der Waals surface area contributed by atoms with Crippen LogP contribution in [-0.2, 0) is 4.79 Å². The number of fused-ring (bicyclic) bond motifs is 5. The molecular formula is C31H39N3O4. The van der Waals surface area contributed by atoms with Crippen LogP contribution in [0.25, 0.3) is 11.3 Å². The lowest BCUT2D eigenvalue weighted by atomic mass is 9.46. The summed E-state index contributed by atoms with van der Waals surface area (Å²) in [7, 11) is 3.21. The summed E-state index contributed by atoms with van der Waals surface area (Å²) in [6.07, 6.45) is 13.0. The van der Waals surface area contributed by atoms with Crippen LogP contribution in [0.4, 0.5) is 0 Å². The lowest BCUT2D eigenvalue weighted by Crippen LogP contribution is -2.62. The van der Waals surface area contributed by atoms with E-state index in [4.69, 9.17) is 14.2 Å². The van der Waals surface area contributed by atoms with Crippen LogP contribution < -0.4 is 19.5 Å². The van der Waals surface area contributed by atoms with Crippen molar-refractivity contribution in [3.8, 4) is 28.6 Å². The molecule has 6 rings (SSSR count). The van der Waals surface area contributed by atoms with E-state index in [2.05, 4.69) is 42.1 Å². The minimum Gasteiger partial charge on any atom is -0.493 e. The van der Waals surface area contributed by atoms with Crippen molar-refractivity contribution >= 4 is 5.91 Å². The number of methoxy groups -OCH3 is 2. The Morgan fingerprint density at radius 2 is 1.82 bits per heavy atom. The van der Waals surface area contributed by atoms with E-state index < -0.39 is 0 Å². The Kier molecular flexibility index (Phi) is 6.15. The number of carbonyl (C=O) groups excluding carboxylic acids is 1. The van der Waals surface area contributed by atoms with Crippen LogP contribution in [0.15, 0.2) is 42.4 Å². The first-order valence-electron chi connectivity index (χ1n) is 14.0. The predicted molar refractivity (Wildman–Crippen MR) is 145 cm³/mol. The fraction of sp³-hybridized carbons (Fsp3) is 0.581. The first kappa shape index (κ1) is 25.2. The van der Waals surface area contributed by atoms with Crippen LogP contribution in [-0.4, -0.2) is 36.1 Å². The van der Waals surface area contributed by atoms with Crippen LogP contribution in [0.2, 0.25) is 0 Å². The molecule has 4 aliphatic rings. The van der Waals surface area contributed by atoms with Gasteiger partial charge < -0.3 is 19.5 Å². The zero-order valence-corrected chi connectivity index (χ0v) is 23.1. The minimum absolute atomic E-state index is 0.128. The smallest absolute Gasteiger partial charge is 0.287 e. The van der Waals surface area contributed by atoms with Crippen LogP contribution in [0.1, 0.15) is 59.3 Å². The Morgan fingerprint density at radius 1 is 1.00 bits per heavy atom. The summed E-state index contributed by atoms with van der Waals surface area (Å²) in [6.45, 7) is 7.28. The lowest BCUT2D eigenvalue weighted by molar-refractivity contribution is -0.128. The zero-order valence-electron chi connectivity index (χ0n) is 23.1. The quantitative estimate of drug-likeness (QED) is 0.540. The Balaban J connectivity index is 1.25. The maximum atomic E-state index is 13.1. The molecule has 38 heavy (non-hydrogen) atoms. The molecule has 202 valence electrons. The standard InChI is InChI=1S/C31H39N3O4/c1-18-13-26-31(3,21-10-12-30(2)11-6-7-20(30)28(18)21)15-25(29(35)34-26)38-27-17-32-22(16-33-27)19-8-9-23(36-4)24(14-19)37-5/h8-9,14-18,20-21,26,28H,6-7,10-13H2,1-5H3,(H,34,35)/t18-,20-,21-,26+,28-,30-,31+/m0/s1. The highest BCUT2D eigenvalue weighted by atomic mass is 16.5. The van der Waals surface area contributed by atoms with Gasteiger partial charge in [-0.25, -0.2) is 9.97 Å². The molecule has 3 fully saturated rings. The highest BCUT2D eigenvalue weighted by Crippen LogP contribution is 2.64. The lowest BCUT2D eigenvalue weighted by Gasteiger charge is -2.60. The summed E-state index contributed by atoms with van der Waals surface area (Å²) in [5.41, 5.74) is 1.89. The average Bonchev–Trinajstić information content (AvgIpc) is 3.32. The van der Waals surface area contributed by atoms with E-state index in [0.29, 0.717) is 52.0 Å². The van der Waals surface area contributed by atoms with Crippen molar-refractivity contribution in [1.29, 1.82) is 0 Å².